The predicted octanol–water partition coefficient (Wildman–Crippen LogP) is 3.58. The van der Waals surface area contributed by atoms with E-state index in [9.17, 15) is 4.79 Å². The second-order valence-electron chi connectivity index (χ2n) is 7.77. The van der Waals surface area contributed by atoms with Crippen LogP contribution in [0.2, 0.25) is 0 Å². The molecule has 4 rings (SSSR count). The highest BCUT2D eigenvalue weighted by atomic mass is 16.2. The number of carbonyl (C=O) groups is 1. The van der Waals surface area contributed by atoms with Crippen molar-refractivity contribution in [2.75, 3.05) is 13.1 Å². The number of rotatable bonds is 7. The Morgan fingerprint density at radius 1 is 1.25 bits per heavy atom. The van der Waals surface area contributed by atoms with E-state index in [1.165, 1.54) is 16.5 Å². The highest BCUT2D eigenvalue weighted by Crippen LogP contribution is 2.23. The fourth-order valence-electron chi connectivity index (χ4n) is 4.27. The first-order valence-corrected chi connectivity index (χ1v) is 10.4. The van der Waals surface area contributed by atoms with E-state index in [-0.39, 0.29) is 0 Å². The van der Waals surface area contributed by atoms with Crippen LogP contribution in [-0.4, -0.2) is 43.6 Å². The molecule has 0 aliphatic carbocycles. The fourth-order valence-corrected chi connectivity index (χ4v) is 4.27. The summed E-state index contributed by atoms with van der Waals surface area (Å²) in [5.74, 6) is 1.98. The average molecular weight is 380 g/mol. The molecule has 1 N–H and O–H groups in total. The third-order valence-corrected chi connectivity index (χ3v) is 5.99. The van der Waals surface area contributed by atoms with E-state index in [0.29, 0.717) is 18.2 Å². The summed E-state index contributed by atoms with van der Waals surface area (Å²) in [7, 11) is 0. The molecular formula is C22H29N5O. The molecule has 0 atom stereocenters. The number of likely N-dealkylation sites (tertiary alicyclic amines) is 1. The summed E-state index contributed by atoms with van der Waals surface area (Å²) in [5, 5.41) is 9.55. The van der Waals surface area contributed by atoms with E-state index in [0.717, 1.165) is 57.6 Å². The summed E-state index contributed by atoms with van der Waals surface area (Å²) >= 11 is 0. The number of hydrogen-bond donors (Lipinski definition) is 1. The van der Waals surface area contributed by atoms with Gasteiger partial charge in [0.2, 0.25) is 5.91 Å². The molecule has 6 heteroatoms. The van der Waals surface area contributed by atoms with Gasteiger partial charge in [-0.15, -0.1) is 10.2 Å². The van der Waals surface area contributed by atoms with Crippen LogP contribution in [0, 0.1) is 5.92 Å². The van der Waals surface area contributed by atoms with Gasteiger partial charge in [0, 0.05) is 49.6 Å². The molecular weight excluding hydrogens is 350 g/mol. The van der Waals surface area contributed by atoms with Gasteiger partial charge in [-0.3, -0.25) is 4.79 Å². The van der Waals surface area contributed by atoms with Crippen molar-refractivity contribution in [2.24, 2.45) is 5.92 Å². The summed E-state index contributed by atoms with van der Waals surface area (Å²) in [6.45, 7) is 4.77. The SMILES string of the molecule is CCn1cnnc1CC1CCN(C(=O)CCCc2c[nH]c3ccccc23)CC1. The van der Waals surface area contributed by atoms with Gasteiger partial charge in [0.1, 0.15) is 12.2 Å². The molecule has 0 spiro atoms. The summed E-state index contributed by atoms with van der Waals surface area (Å²) in [6, 6.07) is 8.35. The van der Waals surface area contributed by atoms with Crippen LogP contribution in [-0.2, 0) is 24.2 Å². The van der Waals surface area contributed by atoms with Crippen LogP contribution in [0.5, 0.6) is 0 Å². The van der Waals surface area contributed by atoms with Gasteiger partial charge in [-0.25, -0.2) is 0 Å². The Hall–Kier alpha value is -2.63. The zero-order chi connectivity index (χ0) is 19.3. The topological polar surface area (TPSA) is 66.8 Å². The average Bonchev–Trinajstić information content (AvgIpc) is 3.35. The number of carbonyl (C=O) groups excluding carboxylic acids is 1. The predicted molar refractivity (Wildman–Crippen MR) is 110 cm³/mol. The number of aromatic nitrogens is 4. The van der Waals surface area contributed by atoms with Gasteiger partial charge in [0.25, 0.3) is 0 Å². The van der Waals surface area contributed by atoms with E-state index in [1.54, 1.807) is 0 Å². The summed E-state index contributed by atoms with van der Waals surface area (Å²) in [4.78, 5) is 18.0. The first kappa shape index (κ1) is 18.7. The van der Waals surface area contributed by atoms with Crippen LogP contribution in [0.1, 0.15) is 44.0 Å². The molecule has 3 aromatic rings. The number of amides is 1. The first-order valence-electron chi connectivity index (χ1n) is 10.4. The van der Waals surface area contributed by atoms with Crippen molar-refractivity contribution in [2.45, 2.75) is 52.0 Å². The molecule has 1 fully saturated rings. The lowest BCUT2D eigenvalue weighted by atomic mass is 9.93. The van der Waals surface area contributed by atoms with Crippen molar-refractivity contribution in [1.82, 2.24) is 24.6 Å². The third kappa shape index (κ3) is 4.11. The van der Waals surface area contributed by atoms with Crippen molar-refractivity contribution >= 4 is 16.8 Å². The van der Waals surface area contributed by atoms with E-state index in [1.807, 2.05) is 12.4 Å². The van der Waals surface area contributed by atoms with Crippen LogP contribution in [0.25, 0.3) is 10.9 Å². The van der Waals surface area contributed by atoms with Gasteiger partial charge in [0.15, 0.2) is 0 Å². The van der Waals surface area contributed by atoms with Crippen molar-refractivity contribution < 1.29 is 4.79 Å². The number of nitrogens with one attached hydrogen (secondary N) is 1. The molecule has 0 unspecified atom stereocenters. The number of aryl methyl sites for hydroxylation is 2. The monoisotopic (exact) mass is 379 g/mol. The Morgan fingerprint density at radius 2 is 2.07 bits per heavy atom. The zero-order valence-electron chi connectivity index (χ0n) is 16.6. The van der Waals surface area contributed by atoms with Gasteiger partial charge in [0.05, 0.1) is 0 Å². The molecule has 1 aliphatic rings. The van der Waals surface area contributed by atoms with Crippen LogP contribution in [0.4, 0.5) is 0 Å². The van der Waals surface area contributed by atoms with E-state index in [4.69, 9.17) is 0 Å². The molecule has 28 heavy (non-hydrogen) atoms. The summed E-state index contributed by atoms with van der Waals surface area (Å²) in [6.07, 6.45) is 9.46. The molecule has 148 valence electrons. The smallest absolute Gasteiger partial charge is 0.222 e. The van der Waals surface area contributed by atoms with Gasteiger partial charge in [-0.2, -0.15) is 0 Å². The van der Waals surface area contributed by atoms with E-state index in [2.05, 4.69) is 56.0 Å². The highest BCUT2D eigenvalue weighted by Gasteiger charge is 2.24. The van der Waals surface area contributed by atoms with Gasteiger partial charge >= 0.3 is 0 Å². The van der Waals surface area contributed by atoms with Gasteiger partial charge in [-0.05, 0) is 50.2 Å². The Bertz CT molecular complexity index is 920. The van der Waals surface area contributed by atoms with Crippen molar-refractivity contribution in [3.05, 3.63) is 48.2 Å². The number of aromatic amines is 1. The van der Waals surface area contributed by atoms with Crippen LogP contribution in [0.3, 0.4) is 0 Å². The number of nitrogens with zero attached hydrogens (tertiary/aromatic N) is 4. The minimum atomic E-state index is 0.301. The lowest BCUT2D eigenvalue weighted by molar-refractivity contribution is -0.132. The molecule has 0 saturated carbocycles. The Kier molecular flexibility index (Phi) is 5.74. The van der Waals surface area contributed by atoms with Crippen LogP contribution >= 0.6 is 0 Å². The standard InChI is InChI=1S/C22H29N5O/c1-2-26-16-24-25-21(26)14-17-10-12-27(13-11-17)22(28)9-5-6-18-15-23-20-8-4-3-7-19(18)20/h3-4,7-8,15-17,23H,2,5-6,9-14H2,1H3. The number of piperidine rings is 1. The molecule has 0 radical (unpaired) electrons. The Labute approximate surface area is 166 Å². The molecule has 1 amide bonds. The van der Waals surface area contributed by atoms with E-state index >= 15 is 0 Å². The molecule has 1 saturated heterocycles. The minimum absolute atomic E-state index is 0.301. The molecule has 6 nitrogen and oxygen atoms in total. The molecule has 1 aliphatic heterocycles. The molecule has 3 heterocycles. The second kappa shape index (κ2) is 8.59. The lowest BCUT2D eigenvalue weighted by Crippen LogP contribution is -2.39. The molecule has 1 aromatic carbocycles. The van der Waals surface area contributed by atoms with Gasteiger partial charge in [-0.1, -0.05) is 18.2 Å². The quantitative estimate of drug-likeness (QED) is 0.682. The number of fused-ring (bicyclic) bond motifs is 1. The van der Waals surface area contributed by atoms with Crippen LogP contribution < -0.4 is 0 Å². The number of benzene rings is 1. The highest BCUT2D eigenvalue weighted by molar-refractivity contribution is 5.83. The Morgan fingerprint density at radius 3 is 2.89 bits per heavy atom. The summed E-state index contributed by atoms with van der Waals surface area (Å²) < 4.78 is 2.11. The maximum absolute atomic E-state index is 12.6. The second-order valence-corrected chi connectivity index (χ2v) is 7.77. The number of hydrogen-bond acceptors (Lipinski definition) is 3. The Balaban J connectivity index is 1.22. The molecule has 0 bridgehead atoms. The van der Waals surface area contributed by atoms with Crippen molar-refractivity contribution in [3.8, 4) is 0 Å². The third-order valence-electron chi connectivity index (χ3n) is 5.99. The largest absolute Gasteiger partial charge is 0.361 e. The zero-order valence-corrected chi connectivity index (χ0v) is 16.6. The first-order chi connectivity index (χ1) is 13.7. The fraction of sp³-hybridized carbons (Fsp3) is 0.500. The van der Waals surface area contributed by atoms with Crippen molar-refractivity contribution in [1.29, 1.82) is 0 Å². The van der Waals surface area contributed by atoms with E-state index < -0.39 is 0 Å². The normalized spacial score (nSPS) is 15.4. The van der Waals surface area contributed by atoms with Gasteiger partial charge < -0.3 is 14.5 Å². The number of para-hydroxylation sites is 1. The molecule has 2 aromatic heterocycles. The van der Waals surface area contributed by atoms with Crippen LogP contribution in [0.15, 0.2) is 36.8 Å². The maximum Gasteiger partial charge on any atom is 0.222 e. The maximum atomic E-state index is 12.6. The summed E-state index contributed by atoms with van der Waals surface area (Å²) in [5.41, 5.74) is 2.48. The minimum Gasteiger partial charge on any atom is -0.361 e. The lowest BCUT2D eigenvalue weighted by Gasteiger charge is -2.32. The number of H-pyrrole nitrogens is 1. The van der Waals surface area contributed by atoms with Crippen molar-refractivity contribution in [3.63, 3.8) is 0 Å².